The summed E-state index contributed by atoms with van der Waals surface area (Å²) in [7, 11) is 0. The summed E-state index contributed by atoms with van der Waals surface area (Å²) in [6.07, 6.45) is 5.17. The molecule has 0 saturated carbocycles. The zero-order valence-corrected chi connectivity index (χ0v) is 23.7. The molecule has 2 amide bonds. The van der Waals surface area contributed by atoms with Gasteiger partial charge in [-0.05, 0) is 60.8 Å². The zero-order chi connectivity index (χ0) is 30.0. The Kier molecular flexibility index (Phi) is 11.0. The number of alkyl carbamates (subject to hydrolysis) is 2. The number of carbonyl (C=O) groups excluding carboxylic acids is 2. The summed E-state index contributed by atoms with van der Waals surface area (Å²) in [6, 6.07) is 14.8. The lowest BCUT2D eigenvalue weighted by Gasteiger charge is -2.32. The van der Waals surface area contributed by atoms with Crippen molar-refractivity contribution in [1.82, 2.24) is 10.6 Å². The molecule has 2 aromatic carbocycles. The third kappa shape index (κ3) is 8.10. The Morgan fingerprint density at radius 1 is 0.952 bits per heavy atom. The molecule has 2 aromatic rings. The Bertz CT molecular complexity index is 1220. The van der Waals surface area contributed by atoms with E-state index in [-0.39, 0.29) is 38.5 Å². The summed E-state index contributed by atoms with van der Waals surface area (Å²) in [6.45, 7) is 0.301. The third-order valence-corrected chi connectivity index (χ3v) is 7.99. The van der Waals surface area contributed by atoms with Gasteiger partial charge in [0.25, 0.3) is 0 Å². The van der Waals surface area contributed by atoms with Crippen molar-refractivity contribution in [2.75, 3.05) is 19.8 Å². The first-order valence-electron chi connectivity index (χ1n) is 14.6. The number of hydrogen-bond acceptors (Lipinski definition) is 7. The number of aliphatic carboxylic acids is 1. The van der Waals surface area contributed by atoms with Gasteiger partial charge in [0.1, 0.15) is 18.8 Å². The highest BCUT2D eigenvalue weighted by Crippen LogP contribution is 2.44. The predicted octanol–water partition coefficient (Wildman–Crippen LogP) is 4.49. The number of unbranched alkanes of at least 4 members (excludes halogenated alkanes) is 1. The smallest absolute Gasteiger partial charge is 0.407 e. The summed E-state index contributed by atoms with van der Waals surface area (Å²) in [5.41, 5.74) is 3.01. The van der Waals surface area contributed by atoms with Crippen molar-refractivity contribution in [2.24, 2.45) is 0 Å². The Hall–Kier alpha value is -3.89. The zero-order valence-electron chi connectivity index (χ0n) is 23.7. The Morgan fingerprint density at radius 2 is 1.64 bits per heavy atom. The number of nitrogens with one attached hydrogen (secondary N) is 2. The topological polar surface area (TPSA) is 154 Å². The third-order valence-electron chi connectivity index (χ3n) is 7.99. The molecule has 0 aromatic heterocycles. The first kappa shape index (κ1) is 31.1. The molecule has 0 aliphatic heterocycles. The van der Waals surface area contributed by atoms with Gasteiger partial charge in [-0.15, -0.1) is 0 Å². The van der Waals surface area contributed by atoms with E-state index in [1.54, 1.807) is 6.08 Å². The molecule has 0 radical (unpaired) electrons. The molecule has 4 rings (SSSR count). The summed E-state index contributed by atoms with van der Waals surface area (Å²) in [5, 5.41) is 35.6. The molecule has 10 nitrogen and oxygen atoms in total. The minimum atomic E-state index is -1.33. The molecular weight excluding hydrogens is 540 g/mol. The molecule has 0 saturated heterocycles. The molecule has 10 heteroatoms. The standard InChI is InChI=1S/C32H40N2O8/c35-28-16-3-1-2-9-17-32(28,40)18-20-41-30(38)33-19-10-8-15-27(29(36)37)34-31(39)42-21-26-24-13-6-4-11-22(24)23-12-5-7-14-25(23)26/h3-7,11-14,16,26-28,35,40H,1-2,8-10,15,17-21H2,(H,33,38)(H,34,39)(H,36,37)/b16-3+/t27-,28?,32?/m0/s1. The number of benzene rings is 2. The van der Waals surface area contributed by atoms with E-state index in [1.807, 2.05) is 54.6 Å². The van der Waals surface area contributed by atoms with E-state index in [0.29, 0.717) is 19.3 Å². The van der Waals surface area contributed by atoms with Crippen molar-refractivity contribution >= 4 is 18.2 Å². The van der Waals surface area contributed by atoms with Gasteiger partial charge in [0.05, 0.1) is 12.2 Å². The van der Waals surface area contributed by atoms with Gasteiger partial charge in [0.2, 0.25) is 0 Å². The van der Waals surface area contributed by atoms with Crippen LogP contribution in [0, 0.1) is 0 Å². The van der Waals surface area contributed by atoms with Crippen LogP contribution in [-0.2, 0) is 14.3 Å². The van der Waals surface area contributed by atoms with Crippen LogP contribution in [0.4, 0.5) is 9.59 Å². The van der Waals surface area contributed by atoms with Crippen molar-refractivity contribution in [1.29, 1.82) is 0 Å². The van der Waals surface area contributed by atoms with Gasteiger partial charge in [-0.3, -0.25) is 0 Å². The van der Waals surface area contributed by atoms with E-state index in [0.717, 1.165) is 41.5 Å². The molecule has 0 fully saturated rings. The molecule has 0 heterocycles. The monoisotopic (exact) mass is 580 g/mol. The number of carboxylic acids is 1. The van der Waals surface area contributed by atoms with E-state index < -0.39 is 35.9 Å². The predicted molar refractivity (Wildman–Crippen MR) is 156 cm³/mol. The van der Waals surface area contributed by atoms with Gasteiger partial charge < -0.3 is 35.4 Å². The van der Waals surface area contributed by atoms with Gasteiger partial charge in [-0.2, -0.15) is 0 Å². The lowest BCUT2D eigenvalue weighted by atomic mass is 9.85. The number of amides is 2. The second-order valence-corrected chi connectivity index (χ2v) is 10.9. The van der Waals surface area contributed by atoms with Crippen LogP contribution in [0.15, 0.2) is 60.7 Å². The Labute approximate surface area is 245 Å². The number of aliphatic hydroxyl groups excluding tert-OH is 1. The molecule has 2 aliphatic carbocycles. The maximum Gasteiger partial charge on any atom is 0.407 e. The first-order valence-corrected chi connectivity index (χ1v) is 14.6. The summed E-state index contributed by atoms with van der Waals surface area (Å²) in [5.74, 6) is -1.29. The fraction of sp³-hybridized carbons (Fsp3) is 0.469. The largest absolute Gasteiger partial charge is 0.480 e. The highest BCUT2D eigenvalue weighted by Gasteiger charge is 2.34. The van der Waals surface area contributed by atoms with E-state index in [2.05, 4.69) is 10.6 Å². The maximum absolute atomic E-state index is 12.5. The van der Waals surface area contributed by atoms with Crippen LogP contribution in [0.5, 0.6) is 0 Å². The van der Waals surface area contributed by atoms with E-state index in [9.17, 15) is 29.7 Å². The molecule has 226 valence electrons. The minimum Gasteiger partial charge on any atom is -0.480 e. The van der Waals surface area contributed by atoms with Gasteiger partial charge in [-0.25, -0.2) is 14.4 Å². The number of allylic oxidation sites excluding steroid dienone is 1. The highest BCUT2D eigenvalue weighted by molar-refractivity contribution is 5.81. The van der Waals surface area contributed by atoms with Gasteiger partial charge >= 0.3 is 18.2 Å². The number of carboxylic acid groups (broad SMARTS) is 1. The number of aliphatic hydroxyl groups is 2. The Balaban J connectivity index is 1.14. The molecule has 2 aliphatic rings. The normalized spacial score (nSPS) is 21.1. The van der Waals surface area contributed by atoms with Crippen LogP contribution in [0.2, 0.25) is 0 Å². The maximum atomic E-state index is 12.5. The fourth-order valence-electron chi connectivity index (χ4n) is 5.59. The van der Waals surface area contributed by atoms with Crippen LogP contribution >= 0.6 is 0 Å². The van der Waals surface area contributed by atoms with Gasteiger partial charge in [-0.1, -0.05) is 67.1 Å². The van der Waals surface area contributed by atoms with Crippen LogP contribution in [0.1, 0.15) is 68.4 Å². The van der Waals surface area contributed by atoms with Crippen molar-refractivity contribution in [3.63, 3.8) is 0 Å². The Morgan fingerprint density at radius 3 is 2.33 bits per heavy atom. The number of ether oxygens (including phenoxy) is 2. The summed E-state index contributed by atoms with van der Waals surface area (Å²) in [4.78, 5) is 36.3. The molecule has 3 atom stereocenters. The second kappa shape index (κ2) is 14.8. The first-order chi connectivity index (χ1) is 20.3. The molecule has 0 spiro atoms. The number of carbonyl (C=O) groups is 3. The average Bonchev–Trinajstić information content (AvgIpc) is 3.29. The second-order valence-electron chi connectivity index (χ2n) is 10.9. The number of rotatable bonds is 12. The summed E-state index contributed by atoms with van der Waals surface area (Å²) >= 11 is 0. The minimum absolute atomic E-state index is 0.0433. The molecule has 42 heavy (non-hydrogen) atoms. The molecule has 5 N–H and O–H groups in total. The highest BCUT2D eigenvalue weighted by atomic mass is 16.6. The molecular formula is C32H40N2O8. The van der Waals surface area contributed by atoms with Crippen LogP contribution in [-0.4, -0.2) is 71.0 Å². The van der Waals surface area contributed by atoms with E-state index >= 15 is 0 Å². The van der Waals surface area contributed by atoms with Crippen molar-refractivity contribution < 1.29 is 39.2 Å². The quantitative estimate of drug-likeness (QED) is 0.182. The van der Waals surface area contributed by atoms with Crippen LogP contribution < -0.4 is 10.6 Å². The fourth-order valence-corrected chi connectivity index (χ4v) is 5.59. The van der Waals surface area contributed by atoms with Crippen LogP contribution in [0.25, 0.3) is 11.1 Å². The van der Waals surface area contributed by atoms with Gasteiger partial charge in [0.15, 0.2) is 0 Å². The SMILES string of the molecule is O=C(NCCCC[C@H](NC(=O)OCC1c2ccccc2-c2ccccc21)C(=O)O)OCCC1(O)CCCC/C=C/C1O. The number of fused-ring (bicyclic) bond motifs is 3. The van der Waals surface area contributed by atoms with Crippen molar-refractivity contribution in [3.8, 4) is 11.1 Å². The molecule has 0 bridgehead atoms. The molecule has 2 unspecified atom stereocenters. The van der Waals surface area contributed by atoms with Crippen molar-refractivity contribution in [2.45, 2.75) is 75.0 Å². The van der Waals surface area contributed by atoms with Crippen LogP contribution in [0.3, 0.4) is 0 Å². The average molecular weight is 581 g/mol. The van der Waals surface area contributed by atoms with E-state index in [1.165, 1.54) is 0 Å². The van der Waals surface area contributed by atoms with E-state index in [4.69, 9.17) is 9.47 Å². The van der Waals surface area contributed by atoms with Crippen molar-refractivity contribution in [3.05, 3.63) is 71.8 Å². The lowest BCUT2D eigenvalue weighted by Crippen LogP contribution is -2.43. The summed E-state index contributed by atoms with van der Waals surface area (Å²) < 4.78 is 10.6. The number of hydrogen-bond donors (Lipinski definition) is 5. The van der Waals surface area contributed by atoms with Gasteiger partial charge in [0, 0.05) is 18.9 Å². The lowest BCUT2D eigenvalue weighted by molar-refractivity contribution is -0.139.